The van der Waals surface area contributed by atoms with Crippen LogP contribution in [0, 0.1) is 0 Å². The van der Waals surface area contributed by atoms with Crippen molar-refractivity contribution < 1.29 is 14.3 Å². The molecule has 0 radical (unpaired) electrons. The Hall–Kier alpha value is -1.62. The summed E-state index contributed by atoms with van der Waals surface area (Å²) in [4.78, 5) is 18.8. The van der Waals surface area contributed by atoms with E-state index in [9.17, 15) is 4.79 Å². The fourth-order valence-corrected chi connectivity index (χ4v) is 3.11. The van der Waals surface area contributed by atoms with Crippen LogP contribution in [-0.4, -0.2) is 47.7 Å². The third kappa shape index (κ3) is 3.58. The van der Waals surface area contributed by atoms with Gasteiger partial charge in [0.25, 0.3) is 5.91 Å². The summed E-state index contributed by atoms with van der Waals surface area (Å²) in [5.74, 6) is 0.674. The van der Waals surface area contributed by atoms with E-state index >= 15 is 0 Å². The van der Waals surface area contributed by atoms with E-state index in [1.54, 1.807) is 12.3 Å². The molecule has 5 nitrogen and oxygen atoms in total. The minimum absolute atomic E-state index is 0.0808. The zero-order valence-electron chi connectivity index (χ0n) is 13.2. The Bertz CT molecular complexity index is 497. The molecule has 120 valence electrons. The molecule has 2 fully saturated rings. The number of carbonyl (C=O) groups is 1. The second-order valence-electron chi connectivity index (χ2n) is 6.16. The van der Waals surface area contributed by atoms with Crippen LogP contribution >= 0.6 is 0 Å². The van der Waals surface area contributed by atoms with E-state index in [1.807, 2.05) is 11.0 Å². The number of nitrogens with zero attached hydrogens (tertiary/aromatic N) is 2. The van der Waals surface area contributed by atoms with Crippen molar-refractivity contribution in [3.05, 3.63) is 23.9 Å². The molecular weight excluding hydrogens is 280 g/mol. The minimum Gasteiger partial charge on any atom is -0.474 e. The summed E-state index contributed by atoms with van der Waals surface area (Å²) in [5, 5.41) is 0. The lowest BCUT2D eigenvalue weighted by molar-refractivity contribution is 0.0237. The van der Waals surface area contributed by atoms with Crippen molar-refractivity contribution in [3.8, 4) is 5.88 Å². The molecule has 2 aliphatic rings. The Labute approximate surface area is 131 Å². The number of carbonyl (C=O) groups excluding carboxylic acids is 1. The smallest absolute Gasteiger partial charge is 0.255 e. The van der Waals surface area contributed by atoms with E-state index in [2.05, 4.69) is 11.9 Å². The SMILES string of the molecule is CC1CCCCN1C(=O)c1ccc(OC2CCOCC2)nc1. The molecule has 2 saturated heterocycles. The van der Waals surface area contributed by atoms with Crippen LogP contribution in [0.4, 0.5) is 0 Å². The predicted molar refractivity (Wildman–Crippen MR) is 83.1 cm³/mol. The van der Waals surface area contributed by atoms with E-state index in [4.69, 9.17) is 9.47 Å². The van der Waals surface area contributed by atoms with Crippen LogP contribution in [0.2, 0.25) is 0 Å². The average Bonchev–Trinajstić information content (AvgIpc) is 2.56. The summed E-state index contributed by atoms with van der Waals surface area (Å²) < 4.78 is 11.2. The van der Waals surface area contributed by atoms with Crippen LogP contribution in [0.3, 0.4) is 0 Å². The number of amides is 1. The number of aromatic nitrogens is 1. The van der Waals surface area contributed by atoms with Gasteiger partial charge in [-0.3, -0.25) is 4.79 Å². The van der Waals surface area contributed by atoms with Gasteiger partial charge in [0.15, 0.2) is 0 Å². The molecule has 22 heavy (non-hydrogen) atoms. The van der Waals surface area contributed by atoms with Gasteiger partial charge in [-0.05, 0) is 32.3 Å². The standard InChI is InChI=1S/C17H24N2O3/c1-13-4-2-3-9-19(13)17(20)14-5-6-16(18-12-14)22-15-7-10-21-11-8-15/h5-6,12-13,15H,2-4,7-11H2,1H3. The molecule has 3 heterocycles. The van der Waals surface area contributed by atoms with Crippen molar-refractivity contribution in [1.29, 1.82) is 0 Å². The number of likely N-dealkylation sites (tertiary alicyclic amines) is 1. The molecule has 0 N–H and O–H groups in total. The highest BCUT2D eigenvalue weighted by atomic mass is 16.5. The number of piperidine rings is 1. The zero-order valence-corrected chi connectivity index (χ0v) is 13.2. The third-order valence-electron chi connectivity index (χ3n) is 4.50. The predicted octanol–water partition coefficient (Wildman–Crippen LogP) is 2.65. The number of ether oxygens (including phenoxy) is 2. The Morgan fingerprint density at radius 1 is 1.27 bits per heavy atom. The molecule has 1 amide bonds. The van der Waals surface area contributed by atoms with Crippen LogP contribution in [0.5, 0.6) is 5.88 Å². The normalized spacial score (nSPS) is 23.3. The zero-order chi connectivity index (χ0) is 15.4. The van der Waals surface area contributed by atoms with Crippen LogP contribution in [0.1, 0.15) is 49.4 Å². The average molecular weight is 304 g/mol. The lowest BCUT2D eigenvalue weighted by atomic mass is 10.0. The molecule has 2 aliphatic heterocycles. The molecule has 5 heteroatoms. The van der Waals surface area contributed by atoms with Gasteiger partial charge in [0.1, 0.15) is 6.10 Å². The second-order valence-corrected chi connectivity index (χ2v) is 6.16. The quantitative estimate of drug-likeness (QED) is 0.861. The molecule has 0 spiro atoms. The highest BCUT2D eigenvalue weighted by Crippen LogP contribution is 2.20. The number of hydrogen-bond donors (Lipinski definition) is 0. The molecule has 3 rings (SSSR count). The number of pyridine rings is 1. The van der Waals surface area contributed by atoms with Crippen molar-refractivity contribution in [1.82, 2.24) is 9.88 Å². The van der Waals surface area contributed by atoms with Crippen molar-refractivity contribution in [2.45, 2.75) is 51.2 Å². The van der Waals surface area contributed by atoms with E-state index in [0.29, 0.717) is 17.5 Å². The Balaban J connectivity index is 1.61. The van der Waals surface area contributed by atoms with Gasteiger partial charge in [0, 0.05) is 37.7 Å². The van der Waals surface area contributed by atoms with Gasteiger partial charge in [-0.15, -0.1) is 0 Å². The lowest BCUT2D eigenvalue weighted by Gasteiger charge is -2.33. The van der Waals surface area contributed by atoms with Gasteiger partial charge in [-0.2, -0.15) is 0 Å². The first-order valence-electron chi connectivity index (χ1n) is 8.25. The summed E-state index contributed by atoms with van der Waals surface area (Å²) in [6.45, 7) is 4.45. The molecular formula is C17H24N2O3. The van der Waals surface area contributed by atoms with Gasteiger partial charge in [-0.1, -0.05) is 0 Å². The molecule has 1 aromatic rings. The van der Waals surface area contributed by atoms with E-state index in [1.165, 1.54) is 6.42 Å². The van der Waals surface area contributed by atoms with E-state index < -0.39 is 0 Å². The molecule has 1 aromatic heterocycles. The minimum atomic E-state index is 0.0808. The lowest BCUT2D eigenvalue weighted by Crippen LogP contribution is -2.42. The van der Waals surface area contributed by atoms with Crippen molar-refractivity contribution >= 4 is 5.91 Å². The maximum atomic E-state index is 12.5. The van der Waals surface area contributed by atoms with Crippen molar-refractivity contribution in [3.63, 3.8) is 0 Å². The molecule has 0 aliphatic carbocycles. The van der Waals surface area contributed by atoms with Crippen molar-refractivity contribution in [2.24, 2.45) is 0 Å². The Morgan fingerprint density at radius 2 is 2.09 bits per heavy atom. The fourth-order valence-electron chi connectivity index (χ4n) is 3.11. The van der Waals surface area contributed by atoms with Gasteiger partial charge in [0.2, 0.25) is 5.88 Å². The fraction of sp³-hybridized carbons (Fsp3) is 0.647. The molecule has 0 bridgehead atoms. The molecule has 0 saturated carbocycles. The highest BCUT2D eigenvalue weighted by Gasteiger charge is 2.24. The maximum absolute atomic E-state index is 12.5. The highest BCUT2D eigenvalue weighted by molar-refractivity contribution is 5.94. The number of rotatable bonds is 3. The monoisotopic (exact) mass is 304 g/mol. The largest absolute Gasteiger partial charge is 0.474 e. The van der Waals surface area contributed by atoms with Crippen LogP contribution in [0.25, 0.3) is 0 Å². The van der Waals surface area contributed by atoms with Crippen molar-refractivity contribution in [2.75, 3.05) is 19.8 Å². The van der Waals surface area contributed by atoms with Gasteiger partial charge >= 0.3 is 0 Å². The first-order chi connectivity index (χ1) is 10.7. The van der Waals surface area contributed by atoms with Crippen LogP contribution < -0.4 is 4.74 Å². The van der Waals surface area contributed by atoms with Crippen LogP contribution in [0.15, 0.2) is 18.3 Å². The second kappa shape index (κ2) is 7.09. The third-order valence-corrected chi connectivity index (χ3v) is 4.50. The Morgan fingerprint density at radius 3 is 2.77 bits per heavy atom. The summed E-state index contributed by atoms with van der Waals surface area (Å²) in [5.41, 5.74) is 0.646. The van der Waals surface area contributed by atoms with Crippen LogP contribution in [-0.2, 0) is 4.74 Å². The molecule has 1 unspecified atom stereocenters. The molecule has 0 aromatic carbocycles. The Kier molecular flexibility index (Phi) is 4.93. The van der Waals surface area contributed by atoms with E-state index in [0.717, 1.165) is 45.4 Å². The first kappa shape index (κ1) is 15.3. The van der Waals surface area contributed by atoms with Gasteiger partial charge in [-0.25, -0.2) is 4.98 Å². The maximum Gasteiger partial charge on any atom is 0.255 e. The topological polar surface area (TPSA) is 51.7 Å². The summed E-state index contributed by atoms with van der Waals surface area (Å²) in [7, 11) is 0. The molecule has 1 atom stereocenters. The summed E-state index contributed by atoms with van der Waals surface area (Å²) in [6, 6.07) is 3.95. The number of hydrogen-bond acceptors (Lipinski definition) is 4. The van der Waals surface area contributed by atoms with Gasteiger partial charge in [0.05, 0.1) is 18.8 Å². The summed E-state index contributed by atoms with van der Waals surface area (Å²) >= 11 is 0. The van der Waals surface area contributed by atoms with Gasteiger partial charge < -0.3 is 14.4 Å². The first-order valence-corrected chi connectivity index (χ1v) is 8.25. The van der Waals surface area contributed by atoms with E-state index in [-0.39, 0.29) is 12.0 Å². The summed E-state index contributed by atoms with van der Waals surface area (Å²) in [6.07, 6.45) is 6.99.